The number of carbonyl (C=O) groups excluding carboxylic acids is 1. The summed E-state index contributed by atoms with van der Waals surface area (Å²) in [6.07, 6.45) is 5.88. The molecule has 0 saturated heterocycles. The summed E-state index contributed by atoms with van der Waals surface area (Å²) in [6.45, 7) is 2.00. The Kier molecular flexibility index (Phi) is 3.33. The molecule has 0 radical (unpaired) electrons. The Balaban J connectivity index is 1.98. The molecule has 3 aromatic heterocycles. The van der Waals surface area contributed by atoms with E-state index >= 15 is 0 Å². The van der Waals surface area contributed by atoms with Crippen molar-refractivity contribution < 1.29 is 4.79 Å². The van der Waals surface area contributed by atoms with E-state index in [0.717, 1.165) is 23.0 Å². The normalized spacial score (nSPS) is 12.7. The fourth-order valence-corrected chi connectivity index (χ4v) is 2.87. The van der Waals surface area contributed by atoms with E-state index in [1.807, 2.05) is 18.4 Å². The molecule has 0 spiro atoms. The van der Waals surface area contributed by atoms with Crippen LogP contribution in [0.3, 0.4) is 0 Å². The SMILES string of the molecule is CC[C@H](N)c1csc(C(=O)c2c[nH]c3ccncc23)n1. The molecule has 0 aliphatic rings. The molecule has 3 N–H and O–H groups in total. The zero-order valence-corrected chi connectivity index (χ0v) is 11.8. The van der Waals surface area contributed by atoms with E-state index in [0.29, 0.717) is 10.6 Å². The summed E-state index contributed by atoms with van der Waals surface area (Å²) in [5.74, 6) is -0.0937. The number of nitrogens with two attached hydrogens (primary N) is 1. The van der Waals surface area contributed by atoms with Gasteiger partial charge < -0.3 is 10.7 Å². The number of fused-ring (bicyclic) bond motifs is 1. The summed E-state index contributed by atoms with van der Waals surface area (Å²) in [5, 5.41) is 3.14. The first-order valence-electron chi connectivity index (χ1n) is 6.37. The number of ketones is 1. The van der Waals surface area contributed by atoms with Crippen molar-refractivity contribution >= 4 is 28.0 Å². The molecule has 6 heteroatoms. The van der Waals surface area contributed by atoms with E-state index in [-0.39, 0.29) is 11.8 Å². The van der Waals surface area contributed by atoms with Crippen molar-refractivity contribution in [2.24, 2.45) is 5.73 Å². The van der Waals surface area contributed by atoms with Gasteiger partial charge in [-0.25, -0.2) is 4.98 Å². The van der Waals surface area contributed by atoms with Gasteiger partial charge in [0.15, 0.2) is 5.01 Å². The largest absolute Gasteiger partial charge is 0.360 e. The molecule has 1 atom stereocenters. The Morgan fingerprint density at radius 1 is 1.55 bits per heavy atom. The van der Waals surface area contributed by atoms with Crippen LogP contribution in [0, 0.1) is 0 Å². The highest BCUT2D eigenvalue weighted by atomic mass is 32.1. The van der Waals surface area contributed by atoms with Crippen LogP contribution in [0.2, 0.25) is 0 Å². The molecule has 0 bridgehead atoms. The Morgan fingerprint density at radius 3 is 3.20 bits per heavy atom. The topological polar surface area (TPSA) is 84.7 Å². The lowest BCUT2D eigenvalue weighted by Crippen LogP contribution is -2.09. The van der Waals surface area contributed by atoms with Crippen molar-refractivity contribution in [1.82, 2.24) is 15.0 Å². The number of nitrogens with one attached hydrogen (secondary N) is 1. The Labute approximate surface area is 119 Å². The van der Waals surface area contributed by atoms with Gasteiger partial charge in [0.2, 0.25) is 5.78 Å². The van der Waals surface area contributed by atoms with Crippen molar-refractivity contribution in [3.8, 4) is 0 Å². The minimum Gasteiger partial charge on any atom is -0.360 e. The molecule has 3 heterocycles. The zero-order valence-electron chi connectivity index (χ0n) is 11.0. The lowest BCUT2D eigenvalue weighted by atomic mass is 10.1. The molecular weight excluding hydrogens is 272 g/mol. The third-order valence-corrected chi connectivity index (χ3v) is 4.12. The predicted octanol–water partition coefficient (Wildman–Crippen LogP) is 2.66. The highest BCUT2D eigenvalue weighted by Gasteiger charge is 2.19. The first-order valence-corrected chi connectivity index (χ1v) is 7.25. The first-order chi connectivity index (χ1) is 9.70. The van der Waals surface area contributed by atoms with Gasteiger partial charge in [0.05, 0.1) is 11.3 Å². The zero-order chi connectivity index (χ0) is 14.1. The van der Waals surface area contributed by atoms with Crippen molar-refractivity contribution in [2.45, 2.75) is 19.4 Å². The van der Waals surface area contributed by atoms with Gasteiger partial charge in [-0.15, -0.1) is 11.3 Å². The highest BCUT2D eigenvalue weighted by Crippen LogP contribution is 2.23. The fraction of sp³-hybridized carbons (Fsp3) is 0.214. The average molecular weight is 286 g/mol. The van der Waals surface area contributed by atoms with Gasteiger partial charge >= 0.3 is 0 Å². The summed E-state index contributed by atoms with van der Waals surface area (Å²) in [4.78, 5) is 24.0. The van der Waals surface area contributed by atoms with Crippen LogP contribution in [0.1, 0.15) is 40.4 Å². The predicted molar refractivity (Wildman–Crippen MR) is 78.9 cm³/mol. The van der Waals surface area contributed by atoms with Gasteiger partial charge in [0.1, 0.15) is 0 Å². The average Bonchev–Trinajstić information content (AvgIpc) is 3.12. The first kappa shape index (κ1) is 13.0. The molecule has 0 aliphatic carbocycles. The summed E-state index contributed by atoms with van der Waals surface area (Å²) in [5.41, 5.74) is 8.20. The Morgan fingerprint density at radius 2 is 2.40 bits per heavy atom. The molecule has 3 aromatic rings. The fourth-order valence-electron chi connectivity index (χ4n) is 2.04. The van der Waals surface area contributed by atoms with Crippen LogP contribution in [-0.4, -0.2) is 20.7 Å². The van der Waals surface area contributed by atoms with Crippen LogP contribution in [0.4, 0.5) is 0 Å². The summed E-state index contributed by atoms with van der Waals surface area (Å²) < 4.78 is 0. The molecule has 0 unspecified atom stereocenters. The van der Waals surface area contributed by atoms with Crippen molar-refractivity contribution in [3.63, 3.8) is 0 Å². The minimum absolute atomic E-state index is 0.0937. The van der Waals surface area contributed by atoms with Gasteiger partial charge in [0, 0.05) is 40.9 Å². The molecule has 0 fully saturated rings. The molecule has 0 aliphatic heterocycles. The quantitative estimate of drug-likeness (QED) is 0.722. The van der Waals surface area contributed by atoms with E-state index in [4.69, 9.17) is 5.73 Å². The lowest BCUT2D eigenvalue weighted by Gasteiger charge is -2.02. The number of thiazole rings is 1. The van der Waals surface area contributed by atoms with E-state index in [1.165, 1.54) is 11.3 Å². The van der Waals surface area contributed by atoms with E-state index in [2.05, 4.69) is 15.0 Å². The van der Waals surface area contributed by atoms with Gasteiger partial charge in [-0.1, -0.05) is 6.92 Å². The van der Waals surface area contributed by atoms with Gasteiger partial charge in [-0.2, -0.15) is 0 Å². The van der Waals surface area contributed by atoms with Gasteiger partial charge in [-0.05, 0) is 12.5 Å². The van der Waals surface area contributed by atoms with Crippen molar-refractivity contribution in [2.75, 3.05) is 0 Å². The third-order valence-electron chi connectivity index (χ3n) is 3.26. The second-order valence-corrected chi connectivity index (χ2v) is 5.40. The maximum absolute atomic E-state index is 12.5. The summed E-state index contributed by atoms with van der Waals surface area (Å²) >= 11 is 1.33. The van der Waals surface area contributed by atoms with E-state index < -0.39 is 0 Å². The van der Waals surface area contributed by atoms with E-state index in [9.17, 15) is 4.79 Å². The monoisotopic (exact) mass is 286 g/mol. The highest BCUT2D eigenvalue weighted by molar-refractivity contribution is 7.12. The smallest absolute Gasteiger partial charge is 0.223 e. The molecule has 0 saturated carbocycles. The lowest BCUT2D eigenvalue weighted by molar-refractivity contribution is 0.103. The number of aromatic nitrogens is 3. The Hall–Kier alpha value is -2.05. The maximum Gasteiger partial charge on any atom is 0.223 e. The molecule has 0 aromatic carbocycles. The second-order valence-electron chi connectivity index (χ2n) is 4.54. The van der Waals surface area contributed by atoms with Crippen LogP contribution < -0.4 is 5.73 Å². The number of pyridine rings is 1. The number of nitrogens with zero attached hydrogens (tertiary/aromatic N) is 2. The van der Waals surface area contributed by atoms with Gasteiger partial charge in [0.25, 0.3) is 0 Å². The van der Waals surface area contributed by atoms with Crippen LogP contribution in [0.15, 0.2) is 30.0 Å². The number of hydrogen-bond donors (Lipinski definition) is 2. The van der Waals surface area contributed by atoms with E-state index in [1.54, 1.807) is 18.6 Å². The molecule has 20 heavy (non-hydrogen) atoms. The molecule has 5 nitrogen and oxygen atoms in total. The molecular formula is C14H14N4OS. The maximum atomic E-state index is 12.5. The number of H-pyrrole nitrogens is 1. The van der Waals surface area contributed by atoms with Crippen molar-refractivity contribution in [3.05, 3.63) is 46.3 Å². The summed E-state index contributed by atoms with van der Waals surface area (Å²) in [6, 6.07) is 1.73. The number of carbonyl (C=O) groups is 1. The van der Waals surface area contributed by atoms with Gasteiger partial charge in [-0.3, -0.25) is 9.78 Å². The Bertz CT molecular complexity index is 761. The van der Waals surface area contributed by atoms with Crippen LogP contribution in [-0.2, 0) is 0 Å². The third kappa shape index (κ3) is 2.13. The van der Waals surface area contributed by atoms with Crippen LogP contribution in [0.25, 0.3) is 10.9 Å². The molecule has 0 amide bonds. The number of aromatic amines is 1. The minimum atomic E-state index is -0.113. The van der Waals surface area contributed by atoms with Crippen molar-refractivity contribution in [1.29, 1.82) is 0 Å². The molecule has 102 valence electrons. The second kappa shape index (κ2) is 5.15. The number of hydrogen-bond acceptors (Lipinski definition) is 5. The molecule has 3 rings (SSSR count). The van der Waals surface area contributed by atoms with Crippen LogP contribution >= 0.6 is 11.3 Å². The standard InChI is InChI=1S/C14H14N4OS/c1-2-10(15)12-7-20-14(18-12)13(19)9-6-17-11-3-4-16-5-8(9)11/h3-7,10,17H,2,15H2,1H3/t10-/m0/s1. The number of rotatable bonds is 4. The van der Waals surface area contributed by atoms with Crippen LogP contribution in [0.5, 0.6) is 0 Å². The summed E-state index contributed by atoms with van der Waals surface area (Å²) in [7, 11) is 0.